The molecule has 0 radical (unpaired) electrons. The quantitative estimate of drug-likeness (QED) is 0.920. The average molecular weight is 288 g/mol. The lowest BCUT2D eigenvalue weighted by molar-refractivity contribution is 0.288. The van der Waals surface area contributed by atoms with Gasteiger partial charge in [-0.1, -0.05) is 6.92 Å². The largest absolute Gasteiger partial charge is 0.315 e. The van der Waals surface area contributed by atoms with Crippen LogP contribution in [0.15, 0.2) is 16.3 Å². The van der Waals surface area contributed by atoms with Crippen molar-refractivity contribution in [3.8, 4) is 0 Å². The van der Waals surface area contributed by atoms with Gasteiger partial charge in [-0.25, -0.2) is 8.42 Å². The first-order valence-corrected chi connectivity index (χ1v) is 8.53. The van der Waals surface area contributed by atoms with Crippen LogP contribution in [0.5, 0.6) is 0 Å². The monoisotopic (exact) mass is 288 g/mol. The molecule has 4 nitrogen and oxygen atoms in total. The number of thiophene rings is 1. The highest BCUT2D eigenvalue weighted by atomic mass is 32.2. The molecule has 6 heteroatoms. The minimum absolute atomic E-state index is 0.474. The number of hydrogen-bond donors (Lipinski definition) is 1. The van der Waals surface area contributed by atoms with Crippen LogP contribution in [0.4, 0.5) is 0 Å². The van der Waals surface area contributed by atoms with Crippen LogP contribution >= 0.6 is 11.3 Å². The van der Waals surface area contributed by atoms with Crippen molar-refractivity contribution in [2.75, 3.05) is 20.1 Å². The molecule has 1 aliphatic heterocycles. The van der Waals surface area contributed by atoms with Gasteiger partial charge < -0.3 is 5.32 Å². The van der Waals surface area contributed by atoms with Gasteiger partial charge in [0.2, 0.25) is 0 Å². The summed E-state index contributed by atoms with van der Waals surface area (Å²) in [7, 11) is -1.40. The number of nitrogens with zero attached hydrogens (tertiary/aromatic N) is 1. The lowest BCUT2D eigenvalue weighted by Gasteiger charge is -2.28. The van der Waals surface area contributed by atoms with Gasteiger partial charge >= 0.3 is 0 Å². The van der Waals surface area contributed by atoms with E-state index in [1.54, 1.807) is 10.4 Å². The predicted molar refractivity (Wildman–Crippen MR) is 74.2 cm³/mol. The van der Waals surface area contributed by atoms with Crippen molar-refractivity contribution >= 4 is 21.4 Å². The van der Waals surface area contributed by atoms with E-state index in [0.717, 1.165) is 24.3 Å². The van der Waals surface area contributed by atoms with Crippen LogP contribution in [0.3, 0.4) is 0 Å². The summed E-state index contributed by atoms with van der Waals surface area (Å²) in [5, 5.41) is 3.04. The molecule has 1 aromatic heterocycles. The van der Waals surface area contributed by atoms with Crippen LogP contribution in [-0.4, -0.2) is 32.9 Å². The number of hydrogen-bond acceptors (Lipinski definition) is 4. The SMILES string of the molecule is CNCc1ccc(S(=O)(=O)N2CCC(C)CC2)s1. The molecule has 0 bridgehead atoms. The van der Waals surface area contributed by atoms with Crippen LogP contribution in [0, 0.1) is 5.92 Å². The summed E-state index contributed by atoms with van der Waals surface area (Å²) < 4.78 is 27.0. The van der Waals surface area contributed by atoms with E-state index >= 15 is 0 Å². The summed E-state index contributed by atoms with van der Waals surface area (Å²) in [4.78, 5) is 1.06. The molecule has 1 fully saturated rings. The van der Waals surface area contributed by atoms with Crippen molar-refractivity contribution in [2.45, 2.75) is 30.5 Å². The molecule has 18 heavy (non-hydrogen) atoms. The lowest BCUT2D eigenvalue weighted by atomic mass is 10.0. The van der Waals surface area contributed by atoms with Gasteiger partial charge in [0.25, 0.3) is 10.0 Å². The summed E-state index contributed by atoms with van der Waals surface area (Å²) >= 11 is 1.37. The molecule has 102 valence electrons. The fourth-order valence-electron chi connectivity index (χ4n) is 2.12. The maximum atomic E-state index is 12.4. The van der Waals surface area contributed by atoms with Gasteiger partial charge in [0.1, 0.15) is 4.21 Å². The maximum absolute atomic E-state index is 12.4. The normalized spacial score (nSPS) is 19.2. The van der Waals surface area contributed by atoms with Gasteiger partial charge in [0.15, 0.2) is 0 Å². The predicted octanol–water partition coefficient (Wildman–Crippen LogP) is 1.89. The van der Waals surface area contributed by atoms with Crippen molar-refractivity contribution < 1.29 is 8.42 Å². The van der Waals surface area contributed by atoms with E-state index in [1.165, 1.54) is 11.3 Å². The van der Waals surface area contributed by atoms with Crippen molar-refractivity contribution in [1.29, 1.82) is 0 Å². The fraction of sp³-hybridized carbons (Fsp3) is 0.667. The first-order chi connectivity index (χ1) is 8.54. The molecule has 1 aromatic rings. The zero-order chi connectivity index (χ0) is 13.2. The summed E-state index contributed by atoms with van der Waals surface area (Å²) in [5.41, 5.74) is 0. The summed E-state index contributed by atoms with van der Waals surface area (Å²) in [6.07, 6.45) is 1.93. The number of nitrogens with one attached hydrogen (secondary N) is 1. The van der Waals surface area contributed by atoms with Crippen LogP contribution in [-0.2, 0) is 16.6 Å². The Labute approximate surface area is 113 Å². The molecular weight excluding hydrogens is 268 g/mol. The second kappa shape index (κ2) is 5.69. The van der Waals surface area contributed by atoms with Crippen molar-refractivity contribution in [1.82, 2.24) is 9.62 Å². The lowest BCUT2D eigenvalue weighted by Crippen LogP contribution is -2.37. The van der Waals surface area contributed by atoms with Crippen LogP contribution in [0.25, 0.3) is 0 Å². The highest BCUT2D eigenvalue weighted by molar-refractivity contribution is 7.91. The third-order valence-electron chi connectivity index (χ3n) is 3.32. The highest BCUT2D eigenvalue weighted by Crippen LogP contribution is 2.28. The molecular formula is C12H20N2O2S2. The first kappa shape index (κ1) is 14.0. The van der Waals surface area contributed by atoms with Crippen LogP contribution in [0.1, 0.15) is 24.6 Å². The van der Waals surface area contributed by atoms with Gasteiger partial charge in [-0.05, 0) is 37.9 Å². The third-order valence-corrected chi connectivity index (χ3v) is 6.78. The minimum atomic E-state index is -3.26. The smallest absolute Gasteiger partial charge is 0.252 e. The molecule has 0 spiro atoms. The molecule has 2 rings (SSSR count). The molecule has 1 N–H and O–H groups in total. The number of sulfonamides is 1. The molecule has 1 aliphatic rings. The minimum Gasteiger partial charge on any atom is -0.315 e. The number of rotatable bonds is 4. The van der Waals surface area contributed by atoms with Gasteiger partial charge in [0, 0.05) is 24.5 Å². The zero-order valence-corrected chi connectivity index (χ0v) is 12.5. The first-order valence-electron chi connectivity index (χ1n) is 6.27. The highest BCUT2D eigenvalue weighted by Gasteiger charge is 2.29. The van der Waals surface area contributed by atoms with Gasteiger partial charge in [0.05, 0.1) is 0 Å². The Bertz CT molecular complexity index is 488. The Morgan fingerprint density at radius 1 is 1.39 bits per heavy atom. The van der Waals surface area contributed by atoms with E-state index in [2.05, 4.69) is 12.2 Å². The van der Waals surface area contributed by atoms with E-state index in [0.29, 0.717) is 23.2 Å². The Morgan fingerprint density at radius 3 is 2.67 bits per heavy atom. The second-order valence-electron chi connectivity index (χ2n) is 4.84. The molecule has 1 saturated heterocycles. The molecule has 0 saturated carbocycles. The second-order valence-corrected chi connectivity index (χ2v) is 8.17. The molecule has 0 amide bonds. The van der Waals surface area contributed by atoms with Gasteiger partial charge in [-0.2, -0.15) is 4.31 Å². The molecule has 0 atom stereocenters. The molecule has 0 aliphatic carbocycles. The standard InChI is InChI=1S/C12H20N2O2S2/c1-10-5-7-14(8-6-10)18(15,16)12-4-3-11(17-12)9-13-2/h3-4,10,13H,5-9H2,1-2H3. The Hall–Kier alpha value is -0.430. The summed E-state index contributed by atoms with van der Waals surface area (Å²) in [5.74, 6) is 0.639. The van der Waals surface area contributed by atoms with Crippen LogP contribution < -0.4 is 5.32 Å². The Balaban J connectivity index is 2.14. The third kappa shape index (κ3) is 2.93. The van der Waals surface area contributed by atoms with E-state index in [-0.39, 0.29) is 0 Å². The van der Waals surface area contributed by atoms with Gasteiger partial charge in [-0.15, -0.1) is 11.3 Å². The topological polar surface area (TPSA) is 49.4 Å². The van der Waals surface area contributed by atoms with E-state index in [4.69, 9.17) is 0 Å². The number of piperidine rings is 1. The van der Waals surface area contributed by atoms with E-state index in [1.807, 2.05) is 13.1 Å². The zero-order valence-electron chi connectivity index (χ0n) is 10.8. The average Bonchev–Trinajstić information content (AvgIpc) is 2.79. The fourth-order valence-corrected chi connectivity index (χ4v) is 5.11. The van der Waals surface area contributed by atoms with Crippen molar-refractivity contribution in [3.05, 3.63) is 17.0 Å². The summed E-state index contributed by atoms with van der Waals surface area (Å²) in [6.45, 7) is 4.21. The molecule has 0 aromatic carbocycles. The summed E-state index contributed by atoms with van der Waals surface area (Å²) in [6, 6.07) is 3.62. The maximum Gasteiger partial charge on any atom is 0.252 e. The van der Waals surface area contributed by atoms with Crippen molar-refractivity contribution in [2.24, 2.45) is 5.92 Å². The Morgan fingerprint density at radius 2 is 2.06 bits per heavy atom. The van der Waals surface area contributed by atoms with E-state index < -0.39 is 10.0 Å². The van der Waals surface area contributed by atoms with Crippen molar-refractivity contribution in [3.63, 3.8) is 0 Å². The van der Waals surface area contributed by atoms with E-state index in [9.17, 15) is 8.42 Å². The Kier molecular flexibility index (Phi) is 4.42. The van der Waals surface area contributed by atoms with Gasteiger partial charge in [-0.3, -0.25) is 0 Å². The molecule has 0 unspecified atom stereocenters. The van der Waals surface area contributed by atoms with Crippen LogP contribution in [0.2, 0.25) is 0 Å². The molecule has 2 heterocycles.